The molecular formula is C41H27N3O. The molecule has 10 rings (SSSR count). The van der Waals surface area contributed by atoms with E-state index in [0.29, 0.717) is 0 Å². The van der Waals surface area contributed by atoms with Gasteiger partial charge in [0.25, 0.3) is 0 Å². The summed E-state index contributed by atoms with van der Waals surface area (Å²) >= 11 is 0. The maximum atomic E-state index is 6.36. The highest BCUT2D eigenvalue weighted by Crippen LogP contribution is 2.49. The molecule has 3 aromatic heterocycles. The van der Waals surface area contributed by atoms with E-state index in [9.17, 15) is 0 Å². The van der Waals surface area contributed by atoms with Crippen molar-refractivity contribution in [2.45, 2.75) is 19.3 Å². The molecule has 0 unspecified atom stereocenters. The minimum atomic E-state index is -0.300. The van der Waals surface area contributed by atoms with Gasteiger partial charge in [-0.05, 0) is 46.7 Å². The lowest BCUT2D eigenvalue weighted by atomic mass is 9.85. The van der Waals surface area contributed by atoms with E-state index in [1.165, 1.54) is 27.1 Å². The summed E-state index contributed by atoms with van der Waals surface area (Å²) in [6.45, 7) is 4.53. The van der Waals surface area contributed by atoms with Gasteiger partial charge in [0.1, 0.15) is 16.9 Å². The average molecular weight is 578 g/mol. The van der Waals surface area contributed by atoms with E-state index in [1.807, 2.05) is 18.2 Å². The van der Waals surface area contributed by atoms with Crippen molar-refractivity contribution in [1.29, 1.82) is 0 Å². The molecule has 3 heterocycles. The van der Waals surface area contributed by atoms with Crippen LogP contribution >= 0.6 is 0 Å². The Morgan fingerprint density at radius 1 is 0.556 bits per heavy atom. The number of hydrogen-bond donors (Lipinski definition) is 0. The first-order chi connectivity index (χ1) is 22.1. The van der Waals surface area contributed by atoms with Gasteiger partial charge < -0.3 is 4.42 Å². The number of aromatic nitrogens is 3. The van der Waals surface area contributed by atoms with Crippen molar-refractivity contribution in [3.8, 4) is 28.3 Å². The standard InChI is InChI=1S/C41H27N3O/c1-41(2)31-18-8-5-15-27(31)37-39(41)43-40(38(42-37)29-17-11-21-35-36(29)28-16-7-10-20-34(28)45-35)44-32-19-9-6-14-26(32)30-22-24-12-3-4-13-25(24)23-33(30)44/h3-23H,1-2H3. The fraction of sp³-hybridized carbons (Fsp3) is 0.0732. The van der Waals surface area contributed by atoms with Crippen molar-refractivity contribution < 1.29 is 4.42 Å². The maximum absolute atomic E-state index is 6.36. The highest BCUT2D eigenvalue weighted by atomic mass is 16.3. The molecular weight excluding hydrogens is 550 g/mol. The average Bonchev–Trinajstić information content (AvgIpc) is 3.69. The van der Waals surface area contributed by atoms with Crippen molar-refractivity contribution in [3.05, 3.63) is 139 Å². The second-order valence-corrected chi connectivity index (χ2v) is 12.6. The van der Waals surface area contributed by atoms with Crippen LogP contribution in [0.1, 0.15) is 25.1 Å². The number of para-hydroxylation sites is 2. The molecule has 0 bridgehead atoms. The van der Waals surface area contributed by atoms with Gasteiger partial charge in [-0.25, -0.2) is 9.97 Å². The molecule has 1 aliphatic carbocycles. The van der Waals surface area contributed by atoms with Crippen molar-refractivity contribution in [1.82, 2.24) is 14.5 Å². The van der Waals surface area contributed by atoms with Crippen molar-refractivity contribution >= 4 is 54.5 Å². The molecule has 0 saturated heterocycles. The van der Waals surface area contributed by atoms with Crippen LogP contribution in [-0.2, 0) is 5.41 Å². The molecule has 6 aromatic carbocycles. The second-order valence-electron chi connectivity index (χ2n) is 12.6. The fourth-order valence-corrected chi connectivity index (χ4v) is 7.60. The van der Waals surface area contributed by atoms with E-state index < -0.39 is 0 Å². The van der Waals surface area contributed by atoms with Gasteiger partial charge in [-0.1, -0.05) is 111 Å². The van der Waals surface area contributed by atoms with Gasteiger partial charge in [0, 0.05) is 38.1 Å². The summed E-state index contributed by atoms with van der Waals surface area (Å²) in [5, 5.41) is 6.94. The summed E-state index contributed by atoms with van der Waals surface area (Å²) in [6.07, 6.45) is 0. The maximum Gasteiger partial charge on any atom is 0.164 e. The van der Waals surface area contributed by atoms with Gasteiger partial charge >= 0.3 is 0 Å². The van der Waals surface area contributed by atoms with E-state index in [4.69, 9.17) is 14.4 Å². The molecule has 45 heavy (non-hydrogen) atoms. The number of furan rings is 1. The van der Waals surface area contributed by atoms with Crippen molar-refractivity contribution in [3.63, 3.8) is 0 Å². The second kappa shape index (κ2) is 8.67. The molecule has 0 spiro atoms. The summed E-state index contributed by atoms with van der Waals surface area (Å²) in [4.78, 5) is 11.3. The zero-order valence-corrected chi connectivity index (χ0v) is 24.9. The Balaban J connectivity index is 1.40. The smallest absolute Gasteiger partial charge is 0.164 e. The molecule has 0 amide bonds. The highest BCUT2D eigenvalue weighted by molar-refractivity contribution is 6.15. The van der Waals surface area contributed by atoms with Crippen LogP contribution in [0.4, 0.5) is 0 Å². The molecule has 0 N–H and O–H groups in total. The zero-order valence-electron chi connectivity index (χ0n) is 24.9. The van der Waals surface area contributed by atoms with Crippen LogP contribution in [0.15, 0.2) is 132 Å². The Kier molecular flexibility index (Phi) is 4.76. The Hall–Kier alpha value is -5.74. The molecule has 0 radical (unpaired) electrons. The van der Waals surface area contributed by atoms with Crippen LogP contribution in [0.2, 0.25) is 0 Å². The van der Waals surface area contributed by atoms with Gasteiger partial charge in [0.15, 0.2) is 5.82 Å². The van der Waals surface area contributed by atoms with Crippen molar-refractivity contribution in [2.75, 3.05) is 0 Å². The van der Waals surface area contributed by atoms with E-state index in [-0.39, 0.29) is 5.41 Å². The van der Waals surface area contributed by atoms with E-state index in [0.717, 1.165) is 67.0 Å². The lowest BCUT2D eigenvalue weighted by Gasteiger charge is -2.22. The van der Waals surface area contributed by atoms with Crippen LogP contribution in [-0.4, -0.2) is 14.5 Å². The van der Waals surface area contributed by atoms with Gasteiger partial charge in [-0.15, -0.1) is 0 Å². The molecule has 4 heteroatoms. The molecule has 0 fully saturated rings. The van der Waals surface area contributed by atoms with Crippen LogP contribution in [0.25, 0.3) is 82.8 Å². The third-order valence-electron chi connectivity index (χ3n) is 9.73. The largest absolute Gasteiger partial charge is 0.456 e. The highest BCUT2D eigenvalue weighted by Gasteiger charge is 2.39. The Bertz CT molecular complexity index is 2690. The van der Waals surface area contributed by atoms with Crippen LogP contribution < -0.4 is 0 Å². The number of nitrogens with zero attached hydrogens (tertiary/aromatic N) is 3. The van der Waals surface area contributed by atoms with Gasteiger partial charge in [-0.2, -0.15) is 0 Å². The van der Waals surface area contributed by atoms with Crippen LogP contribution in [0.3, 0.4) is 0 Å². The number of fused-ring (bicyclic) bond motifs is 10. The van der Waals surface area contributed by atoms with Gasteiger partial charge in [0.2, 0.25) is 0 Å². The lowest BCUT2D eigenvalue weighted by molar-refractivity contribution is 0.633. The Morgan fingerprint density at radius 2 is 1.24 bits per heavy atom. The zero-order chi connectivity index (χ0) is 29.9. The molecule has 0 saturated carbocycles. The van der Waals surface area contributed by atoms with Crippen LogP contribution in [0, 0.1) is 0 Å². The minimum absolute atomic E-state index is 0.300. The Morgan fingerprint density at radius 3 is 2.13 bits per heavy atom. The molecule has 9 aromatic rings. The summed E-state index contributed by atoms with van der Waals surface area (Å²) in [7, 11) is 0. The predicted octanol–water partition coefficient (Wildman–Crippen LogP) is 10.6. The van der Waals surface area contributed by atoms with Crippen LogP contribution in [0.5, 0.6) is 0 Å². The lowest BCUT2D eigenvalue weighted by Crippen LogP contribution is -2.18. The fourth-order valence-electron chi connectivity index (χ4n) is 7.60. The monoisotopic (exact) mass is 577 g/mol. The summed E-state index contributed by atoms with van der Waals surface area (Å²) in [5.74, 6) is 0.828. The quantitative estimate of drug-likeness (QED) is 0.205. The molecule has 1 aliphatic rings. The third kappa shape index (κ3) is 3.26. The summed E-state index contributed by atoms with van der Waals surface area (Å²) in [6, 6.07) is 45.0. The van der Waals surface area contributed by atoms with Gasteiger partial charge in [0.05, 0.1) is 22.4 Å². The molecule has 0 atom stereocenters. The minimum Gasteiger partial charge on any atom is -0.456 e. The van der Waals surface area contributed by atoms with E-state index in [1.54, 1.807) is 0 Å². The first-order valence-electron chi connectivity index (χ1n) is 15.4. The SMILES string of the molecule is CC1(C)c2ccccc2-c2nc(-c3cccc4oc5ccccc5c34)c(-n3c4ccccc4c4cc5ccccc5cc43)nc21. The van der Waals surface area contributed by atoms with E-state index >= 15 is 0 Å². The topological polar surface area (TPSA) is 43.9 Å². The molecule has 4 nitrogen and oxygen atoms in total. The van der Waals surface area contributed by atoms with Crippen molar-refractivity contribution in [2.24, 2.45) is 0 Å². The number of hydrogen-bond acceptors (Lipinski definition) is 3. The summed E-state index contributed by atoms with van der Waals surface area (Å²) in [5.41, 5.74) is 9.83. The molecule has 212 valence electrons. The first-order valence-corrected chi connectivity index (χ1v) is 15.4. The number of rotatable bonds is 2. The molecule has 0 aliphatic heterocycles. The normalized spacial score (nSPS) is 13.7. The summed E-state index contributed by atoms with van der Waals surface area (Å²) < 4.78 is 8.69. The van der Waals surface area contributed by atoms with Gasteiger partial charge in [-0.3, -0.25) is 4.57 Å². The first kappa shape index (κ1) is 24.7. The number of benzene rings is 6. The predicted molar refractivity (Wildman–Crippen MR) is 184 cm³/mol. The third-order valence-corrected chi connectivity index (χ3v) is 9.73. The van der Waals surface area contributed by atoms with E-state index in [2.05, 4.69) is 128 Å². The Labute approximate surface area is 259 Å².